The van der Waals surface area contributed by atoms with E-state index in [0.717, 1.165) is 25.1 Å². The Bertz CT molecular complexity index is 366. The molecule has 0 aliphatic rings. The Hall–Kier alpha value is -1.06. The van der Waals surface area contributed by atoms with Gasteiger partial charge in [0.1, 0.15) is 5.75 Å². The van der Waals surface area contributed by atoms with Gasteiger partial charge in [0.15, 0.2) is 0 Å². The average molecular weight is 251 g/mol. The van der Waals surface area contributed by atoms with Gasteiger partial charge < -0.3 is 15.2 Å². The standard InChI is InChI=1S/C15H25NO2/c1-5-13(17)8-9-16-12(3)14-10-11(2)6-7-15(14)18-4/h6-7,10,12-13,16-17H,5,8-9H2,1-4H3. The molecular formula is C15H25NO2. The monoisotopic (exact) mass is 251 g/mol. The second kappa shape index (κ2) is 7.39. The molecule has 3 nitrogen and oxygen atoms in total. The molecular weight excluding hydrogens is 226 g/mol. The topological polar surface area (TPSA) is 41.5 Å². The number of aliphatic hydroxyl groups is 1. The van der Waals surface area contributed by atoms with Crippen LogP contribution in [0.3, 0.4) is 0 Å². The number of hydrogen-bond donors (Lipinski definition) is 2. The molecule has 0 radical (unpaired) electrons. The molecule has 0 aliphatic heterocycles. The van der Waals surface area contributed by atoms with Crippen molar-refractivity contribution in [2.45, 2.75) is 45.8 Å². The van der Waals surface area contributed by atoms with E-state index in [9.17, 15) is 5.11 Å². The molecule has 2 unspecified atom stereocenters. The highest BCUT2D eigenvalue weighted by Crippen LogP contribution is 2.25. The maximum absolute atomic E-state index is 9.52. The summed E-state index contributed by atoms with van der Waals surface area (Å²) >= 11 is 0. The van der Waals surface area contributed by atoms with Crippen LogP contribution >= 0.6 is 0 Å². The first-order chi connectivity index (χ1) is 8.58. The van der Waals surface area contributed by atoms with Crippen molar-refractivity contribution in [3.63, 3.8) is 0 Å². The van der Waals surface area contributed by atoms with Gasteiger partial charge in [-0.25, -0.2) is 0 Å². The largest absolute Gasteiger partial charge is 0.496 e. The molecule has 0 bridgehead atoms. The SMILES string of the molecule is CCC(O)CCNC(C)c1cc(C)ccc1OC. The van der Waals surface area contributed by atoms with Crippen molar-refractivity contribution in [3.05, 3.63) is 29.3 Å². The Balaban J connectivity index is 2.60. The zero-order valence-corrected chi connectivity index (χ0v) is 11.9. The number of hydrogen-bond acceptors (Lipinski definition) is 3. The van der Waals surface area contributed by atoms with Gasteiger partial charge in [0.05, 0.1) is 13.2 Å². The molecule has 1 rings (SSSR count). The lowest BCUT2D eigenvalue weighted by Crippen LogP contribution is -2.23. The van der Waals surface area contributed by atoms with Crippen LogP contribution in [0.1, 0.15) is 43.9 Å². The molecule has 0 fully saturated rings. The predicted octanol–water partition coefficient (Wildman–Crippen LogP) is 2.82. The van der Waals surface area contributed by atoms with Gasteiger partial charge in [0.2, 0.25) is 0 Å². The highest BCUT2D eigenvalue weighted by Gasteiger charge is 2.11. The Morgan fingerprint density at radius 3 is 2.72 bits per heavy atom. The molecule has 0 saturated heterocycles. The zero-order valence-electron chi connectivity index (χ0n) is 11.9. The molecule has 1 aromatic rings. The van der Waals surface area contributed by atoms with Crippen LogP contribution in [0.15, 0.2) is 18.2 Å². The van der Waals surface area contributed by atoms with Gasteiger partial charge in [-0.2, -0.15) is 0 Å². The van der Waals surface area contributed by atoms with Crippen molar-refractivity contribution >= 4 is 0 Å². The number of aryl methyl sites for hydroxylation is 1. The molecule has 18 heavy (non-hydrogen) atoms. The molecule has 0 aliphatic carbocycles. The number of rotatable bonds is 7. The van der Waals surface area contributed by atoms with Crippen LogP contribution in [-0.4, -0.2) is 24.9 Å². The van der Waals surface area contributed by atoms with Gasteiger partial charge in [-0.3, -0.25) is 0 Å². The predicted molar refractivity (Wildman–Crippen MR) is 75.1 cm³/mol. The summed E-state index contributed by atoms with van der Waals surface area (Å²) in [6, 6.07) is 6.43. The number of ether oxygens (including phenoxy) is 1. The molecule has 1 aromatic carbocycles. The van der Waals surface area contributed by atoms with E-state index in [1.165, 1.54) is 11.1 Å². The Morgan fingerprint density at radius 1 is 1.39 bits per heavy atom. The van der Waals surface area contributed by atoms with Gasteiger partial charge in [-0.05, 0) is 39.3 Å². The number of aliphatic hydroxyl groups excluding tert-OH is 1. The minimum atomic E-state index is -0.205. The van der Waals surface area contributed by atoms with E-state index < -0.39 is 0 Å². The van der Waals surface area contributed by atoms with E-state index in [2.05, 4.69) is 31.3 Å². The fourth-order valence-corrected chi connectivity index (χ4v) is 1.97. The van der Waals surface area contributed by atoms with Crippen molar-refractivity contribution in [3.8, 4) is 5.75 Å². The third kappa shape index (κ3) is 4.31. The van der Waals surface area contributed by atoms with Crippen LogP contribution in [0.25, 0.3) is 0 Å². The molecule has 0 heterocycles. The van der Waals surface area contributed by atoms with Crippen LogP contribution < -0.4 is 10.1 Å². The van der Waals surface area contributed by atoms with Crippen molar-refractivity contribution in [1.29, 1.82) is 0 Å². The number of benzene rings is 1. The van der Waals surface area contributed by atoms with Crippen LogP contribution in [0.2, 0.25) is 0 Å². The maximum atomic E-state index is 9.52. The van der Waals surface area contributed by atoms with Crippen molar-refractivity contribution in [1.82, 2.24) is 5.32 Å². The van der Waals surface area contributed by atoms with Crippen LogP contribution in [0.4, 0.5) is 0 Å². The normalized spacial score (nSPS) is 14.3. The number of methoxy groups -OCH3 is 1. The van der Waals surface area contributed by atoms with E-state index in [1.54, 1.807) is 7.11 Å². The Kier molecular flexibility index (Phi) is 6.16. The van der Waals surface area contributed by atoms with Crippen molar-refractivity contribution in [2.75, 3.05) is 13.7 Å². The molecule has 0 saturated carbocycles. The van der Waals surface area contributed by atoms with Gasteiger partial charge in [-0.1, -0.05) is 24.6 Å². The van der Waals surface area contributed by atoms with E-state index in [4.69, 9.17) is 4.74 Å². The molecule has 3 heteroatoms. The zero-order chi connectivity index (χ0) is 13.5. The second-order valence-electron chi connectivity index (χ2n) is 4.77. The lowest BCUT2D eigenvalue weighted by atomic mass is 10.0. The van der Waals surface area contributed by atoms with Crippen molar-refractivity contribution < 1.29 is 9.84 Å². The van der Waals surface area contributed by atoms with E-state index in [-0.39, 0.29) is 12.1 Å². The molecule has 0 spiro atoms. The summed E-state index contributed by atoms with van der Waals surface area (Å²) in [5, 5.41) is 12.9. The van der Waals surface area contributed by atoms with E-state index >= 15 is 0 Å². The lowest BCUT2D eigenvalue weighted by Gasteiger charge is -2.18. The van der Waals surface area contributed by atoms with Gasteiger partial charge in [0.25, 0.3) is 0 Å². The third-order valence-corrected chi connectivity index (χ3v) is 3.25. The minimum Gasteiger partial charge on any atom is -0.496 e. The first-order valence-electron chi connectivity index (χ1n) is 6.64. The van der Waals surface area contributed by atoms with E-state index in [0.29, 0.717) is 0 Å². The summed E-state index contributed by atoms with van der Waals surface area (Å²) in [4.78, 5) is 0. The first-order valence-corrected chi connectivity index (χ1v) is 6.64. The summed E-state index contributed by atoms with van der Waals surface area (Å²) in [5.74, 6) is 0.914. The number of nitrogens with one attached hydrogen (secondary N) is 1. The third-order valence-electron chi connectivity index (χ3n) is 3.25. The summed E-state index contributed by atoms with van der Waals surface area (Å²) in [5.41, 5.74) is 2.40. The second-order valence-corrected chi connectivity index (χ2v) is 4.77. The molecule has 102 valence electrons. The fraction of sp³-hybridized carbons (Fsp3) is 0.600. The van der Waals surface area contributed by atoms with Crippen LogP contribution in [0.5, 0.6) is 5.75 Å². The lowest BCUT2D eigenvalue weighted by molar-refractivity contribution is 0.158. The quantitative estimate of drug-likeness (QED) is 0.783. The maximum Gasteiger partial charge on any atom is 0.123 e. The average Bonchev–Trinajstić information content (AvgIpc) is 2.38. The molecule has 0 amide bonds. The summed E-state index contributed by atoms with van der Waals surface area (Å²) in [7, 11) is 1.70. The van der Waals surface area contributed by atoms with Gasteiger partial charge >= 0.3 is 0 Å². The van der Waals surface area contributed by atoms with Gasteiger partial charge in [0, 0.05) is 11.6 Å². The Morgan fingerprint density at radius 2 is 2.11 bits per heavy atom. The summed E-state index contributed by atoms with van der Waals surface area (Å²) in [6.45, 7) is 7.01. The molecule has 2 atom stereocenters. The smallest absolute Gasteiger partial charge is 0.123 e. The molecule has 0 aromatic heterocycles. The summed E-state index contributed by atoms with van der Waals surface area (Å²) in [6.07, 6.45) is 1.39. The van der Waals surface area contributed by atoms with Crippen LogP contribution in [-0.2, 0) is 0 Å². The highest BCUT2D eigenvalue weighted by atomic mass is 16.5. The molecule has 2 N–H and O–H groups in total. The highest BCUT2D eigenvalue weighted by molar-refractivity contribution is 5.38. The van der Waals surface area contributed by atoms with Crippen molar-refractivity contribution in [2.24, 2.45) is 0 Å². The fourth-order valence-electron chi connectivity index (χ4n) is 1.97. The Labute approximate surface area is 110 Å². The summed E-state index contributed by atoms with van der Waals surface area (Å²) < 4.78 is 5.38. The van der Waals surface area contributed by atoms with Crippen LogP contribution in [0, 0.1) is 6.92 Å². The van der Waals surface area contributed by atoms with E-state index in [1.807, 2.05) is 13.0 Å². The first kappa shape index (κ1) is 15.0. The van der Waals surface area contributed by atoms with Gasteiger partial charge in [-0.15, -0.1) is 0 Å². The minimum absolute atomic E-state index is 0.205.